The lowest BCUT2D eigenvalue weighted by Crippen LogP contribution is -2.46. The van der Waals surface area contributed by atoms with Gasteiger partial charge in [-0.25, -0.2) is 0 Å². The molecule has 90 valence electrons. The Morgan fingerprint density at radius 3 is 3.19 bits per heavy atom. The van der Waals surface area contributed by atoms with Gasteiger partial charge in [0, 0.05) is 36.7 Å². The Bertz CT molecular complexity index is 331. The number of nitrogens with zero attached hydrogens (tertiary/aromatic N) is 1. The third-order valence-corrected chi connectivity index (χ3v) is 4.21. The monoisotopic (exact) mass is 242 g/mol. The van der Waals surface area contributed by atoms with Gasteiger partial charge in [-0.05, 0) is 13.8 Å². The molecule has 2 rings (SSSR count). The molecule has 0 saturated carbocycles. The van der Waals surface area contributed by atoms with E-state index in [1.54, 1.807) is 11.3 Å². The number of aromatic nitrogens is 1. The first kappa shape index (κ1) is 12.0. The maximum Gasteiger partial charge on any atom is 0.105 e. The summed E-state index contributed by atoms with van der Waals surface area (Å²) in [5, 5.41) is 13.6. The van der Waals surface area contributed by atoms with E-state index < -0.39 is 5.60 Å². The van der Waals surface area contributed by atoms with Crippen LogP contribution in [-0.4, -0.2) is 34.9 Å². The lowest BCUT2D eigenvalue weighted by molar-refractivity contribution is -0.0273. The van der Waals surface area contributed by atoms with Gasteiger partial charge in [-0.2, -0.15) is 0 Å². The highest BCUT2D eigenvalue weighted by Crippen LogP contribution is 2.26. The largest absolute Gasteiger partial charge is 0.386 e. The van der Waals surface area contributed by atoms with Crippen LogP contribution in [0.15, 0.2) is 11.7 Å². The van der Waals surface area contributed by atoms with E-state index in [1.807, 2.05) is 18.6 Å². The first-order valence-electron chi connectivity index (χ1n) is 5.57. The molecule has 3 atom stereocenters. The average molecular weight is 242 g/mol. The summed E-state index contributed by atoms with van der Waals surface area (Å²) in [5.41, 5.74) is 1.10. The molecular formula is C11H18N2O2S. The topological polar surface area (TPSA) is 54.4 Å². The lowest BCUT2D eigenvalue weighted by Gasteiger charge is -2.27. The predicted octanol–water partition coefficient (Wildman–Crippen LogP) is 1.33. The van der Waals surface area contributed by atoms with Crippen LogP contribution in [0.2, 0.25) is 0 Å². The van der Waals surface area contributed by atoms with Gasteiger partial charge in [-0.1, -0.05) is 0 Å². The van der Waals surface area contributed by atoms with Crippen molar-refractivity contribution in [3.8, 4) is 0 Å². The van der Waals surface area contributed by atoms with Crippen molar-refractivity contribution in [3.05, 3.63) is 16.6 Å². The zero-order valence-corrected chi connectivity index (χ0v) is 10.5. The van der Waals surface area contributed by atoms with E-state index in [0.29, 0.717) is 19.6 Å². The van der Waals surface area contributed by atoms with E-state index in [-0.39, 0.29) is 12.1 Å². The molecule has 1 aliphatic heterocycles. The molecule has 2 heterocycles. The molecule has 2 N–H and O–H groups in total. The standard InChI is InChI=1S/C11H18N2O2S/c1-8(10-5-12-7-16-10)13-6-11(14)3-4-15-9(11)2/h5,7-9,13-14H,3-4,6H2,1-2H3. The summed E-state index contributed by atoms with van der Waals surface area (Å²) in [6.45, 7) is 5.21. The Morgan fingerprint density at radius 2 is 2.62 bits per heavy atom. The van der Waals surface area contributed by atoms with E-state index in [1.165, 1.54) is 4.88 Å². The Kier molecular flexibility index (Phi) is 3.59. The summed E-state index contributed by atoms with van der Waals surface area (Å²) in [4.78, 5) is 5.24. The minimum atomic E-state index is -0.723. The first-order valence-corrected chi connectivity index (χ1v) is 6.45. The van der Waals surface area contributed by atoms with Crippen LogP contribution in [0, 0.1) is 0 Å². The minimum Gasteiger partial charge on any atom is -0.386 e. The van der Waals surface area contributed by atoms with E-state index in [2.05, 4.69) is 17.2 Å². The molecular weight excluding hydrogens is 224 g/mol. The Hall–Kier alpha value is -0.490. The van der Waals surface area contributed by atoms with Crippen LogP contribution in [-0.2, 0) is 4.74 Å². The summed E-state index contributed by atoms with van der Waals surface area (Å²) in [6.07, 6.45) is 2.48. The van der Waals surface area contributed by atoms with E-state index in [4.69, 9.17) is 4.74 Å². The van der Waals surface area contributed by atoms with Gasteiger partial charge >= 0.3 is 0 Å². The van der Waals surface area contributed by atoms with Crippen molar-refractivity contribution >= 4 is 11.3 Å². The molecule has 1 aromatic heterocycles. The molecule has 0 radical (unpaired) electrons. The fourth-order valence-corrected chi connectivity index (χ4v) is 2.53. The second kappa shape index (κ2) is 4.79. The summed E-state index contributed by atoms with van der Waals surface area (Å²) in [6, 6.07) is 0.226. The zero-order chi connectivity index (χ0) is 11.6. The highest BCUT2D eigenvalue weighted by molar-refractivity contribution is 7.09. The number of thiazole rings is 1. The number of ether oxygens (including phenoxy) is 1. The Balaban J connectivity index is 1.87. The first-order chi connectivity index (χ1) is 7.62. The lowest BCUT2D eigenvalue weighted by atomic mass is 9.96. The molecule has 1 aliphatic rings. The average Bonchev–Trinajstić information content (AvgIpc) is 2.87. The van der Waals surface area contributed by atoms with E-state index in [0.717, 1.165) is 0 Å². The predicted molar refractivity (Wildman–Crippen MR) is 63.5 cm³/mol. The van der Waals surface area contributed by atoms with Crippen LogP contribution in [0.4, 0.5) is 0 Å². The van der Waals surface area contributed by atoms with Crippen molar-refractivity contribution in [2.24, 2.45) is 0 Å². The molecule has 0 aliphatic carbocycles. The summed E-state index contributed by atoms with van der Waals surface area (Å²) < 4.78 is 5.39. The summed E-state index contributed by atoms with van der Waals surface area (Å²) in [5.74, 6) is 0. The van der Waals surface area contributed by atoms with Crippen molar-refractivity contribution in [2.75, 3.05) is 13.2 Å². The number of hydrogen-bond donors (Lipinski definition) is 2. The van der Waals surface area contributed by atoms with Crippen LogP contribution in [0.1, 0.15) is 31.2 Å². The van der Waals surface area contributed by atoms with Gasteiger partial charge in [-0.15, -0.1) is 11.3 Å². The van der Waals surface area contributed by atoms with Crippen LogP contribution in [0.3, 0.4) is 0 Å². The van der Waals surface area contributed by atoms with Gasteiger partial charge in [0.25, 0.3) is 0 Å². The number of aliphatic hydroxyl groups is 1. The van der Waals surface area contributed by atoms with Gasteiger partial charge in [0.15, 0.2) is 0 Å². The number of nitrogens with one attached hydrogen (secondary N) is 1. The van der Waals surface area contributed by atoms with E-state index in [9.17, 15) is 5.11 Å². The van der Waals surface area contributed by atoms with Crippen molar-refractivity contribution < 1.29 is 9.84 Å². The second-order valence-electron chi connectivity index (χ2n) is 4.37. The minimum absolute atomic E-state index is 0.0892. The molecule has 0 aromatic carbocycles. The fourth-order valence-electron chi connectivity index (χ4n) is 1.87. The zero-order valence-electron chi connectivity index (χ0n) is 9.64. The smallest absolute Gasteiger partial charge is 0.105 e. The van der Waals surface area contributed by atoms with Crippen molar-refractivity contribution in [1.82, 2.24) is 10.3 Å². The molecule has 0 amide bonds. The summed E-state index contributed by atoms with van der Waals surface area (Å²) >= 11 is 1.63. The van der Waals surface area contributed by atoms with Gasteiger partial charge in [-0.3, -0.25) is 4.98 Å². The Morgan fingerprint density at radius 1 is 1.81 bits per heavy atom. The van der Waals surface area contributed by atoms with Crippen molar-refractivity contribution in [2.45, 2.75) is 38.0 Å². The molecule has 1 fully saturated rings. The second-order valence-corrected chi connectivity index (χ2v) is 5.29. The van der Waals surface area contributed by atoms with Gasteiger partial charge < -0.3 is 15.2 Å². The van der Waals surface area contributed by atoms with Crippen LogP contribution >= 0.6 is 11.3 Å². The van der Waals surface area contributed by atoms with Gasteiger partial charge in [0.1, 0.15) is 5.60 Å². The van der Waals surface area contributed by atoms with Crippen LogP contribution in [0.25, 0.3) is 0 Å². The van der Waals surface area contributed by atoms with Crippen LogP contribution in [0.5, 0.6) is 0 Å². The Labute approximate surface area is 99.7 Å². The number of hydrogen-bond acceptors (Lipinski definition) is 5. The quantitative estimate of drug-likeness (QED) is 0.836. The molecule has 0 bridgehead atoms. The molecule has 3 unspecified atom stereocenters. The third kappa shape index (κ3) is 2.43. The van der Waals surface area contributed by atoms with Crippen LogP contribution < -0.4 is 5.32 Å². The van der Waals surface area contributed by atoms with Crippen molar-refractivity contribution in [3.63, 3.8) is 0 Å². The SMILES string of the molecule is CC(NCC1(O)CCOC1C)c1cncs1. The normalized spacial score (nSPS) is 31.8. The highest BCUT2D eigenvalue weighted by Gasteiger charge is 2.39. The molecule has 4 nitrogen and oxygen atoms in total. The maximum absolute atomic E-state index is 10.3. The molecule has 1 saturated heterocycles. The number of rotatable bonds is 4. The summed E-state index contributed by atoms with van der Waals surface area (Å²) in [7, 11) is 0. The highest BCUT2D eigenvalue weighted by atomic mass is 32.1. The molecule has 16 heavy (non-hydrogen) atoms. The van der Waals surface area contributed by atoms with Gasteiger partial charge in [0.05, 0.1) is 11.6 Å². The fraction of sp³-hybridized carbons (Fsp3) is 0.727. The molecule has 1 aromatic rings. The molecule has 0 spiro atoms. The van der Waals surface area contributed by atoms with Gasteiger partial charge in [0.2, 0.25) is 0 Å². The third-order valence-electron chi connectivity index (χ3n) is 3.25. The van der Waals surface area contributed by atoms with Crippen molar-refractivity contribution in [1.29, 1.82) is 0 Å². The maximum atomic E-state index is 10.3. The molecule has 5 heteroatoms. The van der Waals surface area contributed by atoms with E-state index >= 15 is 0 Å².